The summed E-state index contributed by atoms with van der Waals surface area (Å²) in [5.41, 5.74) is 0.851. The van der Waals surface area contributed by atoms with Gasteiger partial charge in [0.05, 0.1) is 0 Å². The van der Waals surface area contributed by atoms with Crippen LogP contribution in [0.2, 0.25) is 0 Å². The quantitative estimate of drug-likeness (QED) is 0.201. The van der Waals surface area contributed by atoms with Gasteiger partial charge in [-0.25, -0.2) is 13.2 Å². The Morgan fingerprint density at radius 3 is 2.14 bits per heavy atom. The fraction of sp³-hybridized carbons (Fsp3) is 0.467. The van der Waals surface area contributed by atoms with E-state index in [-0.39, 0.29) is 11.1 Å². The molecular weight excluding hydrogens is 490 g/mol. The molecule has 0 bridgehead atoms. The zero-order valence-electron chi connectivity index (χ0n) is 20.9. The number of benzene rings is 3. The summed E-state index contributed by atoms with van der Waals surface area (Å²) >= 11 is 0. The van der Waals surface area contributed by atoms with Crippen molar-refractivity contribution in [3.8, 4) is 16.9 Å². The van der Waals surface area contributed by atoms with E-state index in [4.69, 9.17) is 0 Å². The standard InChI is InChI=1S/C30H32F6O/c1-2-3-4-5-6-7-19-8-10-20(11-9-19)21-12-14-24-22(16-21)13-15-25(28(24)33)23-17-26(31)29(27(32)18-23)37-30(34,35)36/h12-20H,2-11H2,1H3/t19-,20-. The molecule has 0 spiro atoms. The fourth-order valence-corrected chi connectivity index (χ4v) is 5.54. The molecule has 1 fully saturated rings. The largest absolute Gasteiger partial charge is 0.573 e. The Hall–Kier alpha value is -2.70. The molecule has 1 nitrogen and oxygen atoms in total. The molecule has 7 heteroatoms. The van der Waals surface area contributed by atoms with Gasteiger partial charge in [-0.05, 0) is 66.2 Å². The van der Waals surface area contributed by atoms with Gasteiger partial charge in [0.15, 0.2) is 11.6 Å². The average Bonchev–Trinajstić information content (AvgIpc) is 2.86. The Labute approximate surface area is 213 Å². The van der Waals surface area contributed by atoms with Crippen molar-refractivity contribution in [1.82, 2.24) is 0 Å². The molecule has 0 aliphatic heterocycles. The maximum atomic E-state index is 15.4. The van der Waals surface area contributed by atoms with Gasteiger partial charge in [0.25, 0.3) is 0 Å². The molecular formula is C30H32F6O. The van der Waals surface area contributed by atoms with E-state index in [0.717, 1.165) is 24.3 Å². The summed E-state index contributed by atoms with van der Waals surface area (Å²) in [6.45, 7) is 2.22. The van der Waals surface area contributed by atoms with Gasteiger partial charge in [-0.3, -0.25) is 0 Å². The number of halogens is 6. The van der Waals surface area contributed by atoms with Gasteiger partial charge in [-0.15, -0.1) is 13.2 Å². The summed E-state index contributed by atoms with van der Waals surface area (Å²) in [6.07, 6.45) is 7.19. The van der Waals surface area contributed by atoms with Gasteiger partial charge in [-0.2, -0.15) is 0 Å². The lowest BCUT2D eigenvalue weighted by atomic mass is 9.76. The van der Waals surface area contributed by atoms with Crippen LogP contribution in [0, 0.1) is 23.4 Å². The highest BCUT2D eigenvalue weighted by molar-refractivity contribution is 5.89. The van der Waals surface area contributed by atoms with E-state index < -0.39 is 29.6 Å². The first-order valence-electron chi connectivity index (χ1n) is 13.1. The maximum Gasteiger partial charge on any atom is 0.573 e. The maximum absolute atomic E-state index is 15.4. The summed E-state index contributed by atoms with van der Waals surface area (Å²) in [5.74, 6) is -4.15. The Morgan fingerprint density at radius 2 is 1.49 bits per heavy atom. The van der Waals surface area contributed by atoms with Crippen LogP contribution in [-0.2, 0) is 0 Å². The summed E-state index contributed by atoms with van der Waals surface area (Å²) in [4.78, 5) is 0. The second kappa shape index (κ2) is 11.8. The molecule has 0 unspecified atom stereocenters. The van der Waals surface area contributed by atoms with Crippen LogP contribution in [0.1, 0.15) is 82.6 Å². The van der Waals surface area contributed by atoms with Crippen LogP contribution >= 0.6 is 0 Å². The van der Waals surface area contributed by atoms with E-state index in [2.05, 4.69) is 11.7 Å². The highest BCUT2D eigenvalue weighted by Gasteiger charge is 2.34. The highest BCUT2D eigenvalue weighted by Crippen LogP contribution is 2.40. The van der Waals surface area contributed by atoms with E-state index >= 15 is 4.39 Å². The molecule has 3 aromatic carbocycles. The molecule has 1 aliphatic carbocycles. The number of rotatable bonds is 9. The molecule has 0 heterocycles. The summed E-state index contributed by atoms with van der Waals surface area (Å²) in [7, 11) is 0. The molecule has 0 saturated heterocycles. The second-order valence-corrected chi connectivity index (χ2v) is 10.1. The Bertz CT molecular complexity index is 1190. The Morgan fingerprint density at radius 1 is 0.811 bits per heavy atom. The van der Waals surface area contributed by atoms with Gasteiger partial charge in [0.1, 0.15) is 5.82 Å². The van der Waals surface area contributed by atoms with Crippen LogP contribution in [-0.4, -0.2) is 6.36 Å². The number of unbranched alkanes of at least 4 members (excludes halogenated alkanes) is 4. The third-order valence-corrected chi connectivity index (χ3v) is 7.54. The minimum Gasteiger partial charge on any atom is -0.399 e. The van der Waals surface area contributed by atoms with E-state index in [1.807, 2.05) is 12.1 Å². The lowest BCUT2D eigenvalue weighted by Gasteiger charge is -2.29. The van der Waals surface area contributed by atoms with Gasteiger partial charge in [-0.1, -0.05) is 75.8 Å². The van der Waals surface area contributed by atoms with Crippen LogP contribution in [0.15, 0.2) is 42.5 Å². The van der Waals surface area contributed by atoms with Gasteiger partial charge >= 0.3 is 6.36 Å². The number of alkyl halides is 3. The SMILES string of the molecule is CCCCCCC[C@H]1CC[C@H](c2ccc3c(F)c(-c4cc(F)c(OC(F)(F)F)c(F)c4)ccc3c2)CC1. The molecule has 200 valence electrons. The molecule has 0 aromatic heterocycles. The summed E-state index contributed by atoms with van der Waals surface area (Å²) in [6, 6.07) is 9.92. The van der Waals surface area contributed by atoms with Crippen molar-refractivity contribution in [2.24, 2.45) is 5.92 Å². The zero-order chi connectivity index (χ0) is 26.6. The second-order valence-electron chi connectivity index (χ2n) is 10.1. The fourth-order valence-electron chi connectivity index (χ4n) is 5.54. The molecule has 0 amide bonds. The van der Waals surface area contributed by atoms with Crippen LogP contribution in [0.25, 0.3) is 21.9 Å². The van der Waals surface area contributed by atoms with E-state index in [9.17, 15) is 22.0 Å². The molecule has 37 heavy (non-hydrogen) atoms. The van der Waals surface area contributed by atoms with Crippen LogP contribution in [0.4, 0.5) is 26.3 Å². The lowest BCUT2D eigenvalue weighted by Crippen LogP contribution is -2.19. The topological polar surface area (TPSA) is 9.23 Å². The first-order valence-corrected chi connectivity index (χ1v) is 13.1. The predicted octanol–water partition coefficient (Wildman–Crippen LogP) is 10.5. The average molecular weight is 523 g/mol. The number of hydrogen-bond acceptors (Lipinski definition) is 1. The van der Waals surface area contributed by atoms with E-state index in [1.165, 1.54) is 57.4 Å². The normalized spacial score (nSPS) is 18.4. The monoisotopic (exact) mass is 522 g/mol. The number of fused-ring (bicyclic) bond motifs is 1. The van der Waals surface area contributed by atoms with Gasteiger partial charge < -0.3 is 4.74 Å². The summed E-state index contributed by atoms with van der Waals surface area (Å²) in [5, 5.41) is 0.966. The molecule has 0 atom stereocenters. The Kier molecular flexibility index (Phi) is 8.71. The molecule has 1 saturated carbocycles. The zero-order valence-corrected chi connectivity index (χ0v) is 20.9. The van der Waals surface area contributed by atoms with Crippen LogP contribution < -0.4 is 4.74 Å². The van der Waals surface area contributed by atoms with Crippen molar-refractivity contribution in [3.05, 3.63) is 65.5 Å². The van der Waals surface area contributed by atoms with Crippen molar-refractivity contribution in [2.75, 3.05) is 0 Å². The van der Waals surface area contributed by atoms with Crippen molar-refractivity contribution in [3.63, 3.8) is 0 Å². The molecule has 1 aliphatic rings. The van der Waals surface area contributed by atoms with E-state index in [1.54, 1.807) is 12.1 Å². The number of hydrogen-bond donors (Lipinski definition) is 0. The van der Waals surface area contributed by atoms with Crippen molar-refractivity contribution in [1.29, 1.82) is 0 Å². The minimum absolute atomic E-state index is 0.101. The van der Waals surface area contributed by atoms with Gasteiger partial charge in [0.2, 0.25) is 5.75 Å². The third-order valence-electron chi connectivity index (χ3n) is 7.54. The van der Waals surface area contributed by atoms with Crippen LogP contribution in [0.3, 0.4) is 0 Å². The van der Waals surface area contributed by atoms with E-state index in [0.29, 0.717) is 28.8 Å². The van der Waals surface area contributed by atoms with Crippen LogP contribution in [0.5, 0.6) is 5.75 Å². The lowest BCUT2D eigenvalue weighted by molar-refractivity contribution is -0.276. The Balaban J connectivity index is 1.47. The third kappa shape index (κ3) is 6.79. The first-order chi connectivity index (χ1) is 17.7. The van der Waals surface area contributed by atoms with Crippen molar-refractivity contribution < 1.29 is 31.1 Å². The van der Waals surface area contributed by atoms with Gasteiger partial charge in [0, 0.05) is 10.9 Å². The molecule has 0 N–H and O–H groups in total. The smallest absolute Gasteiger partial charge is 0.399 e. The van der Waals surface area contributed by atoms with Crippen molar-refractivity contribution in [2.45, 2.75) is 83.4 Å². The summed E-state index contributed by atoms with van der Waals surface area (Å²) < 4.78 is 84.4. The predicted molar refractivity (Wildman–Crippen MR) is 134 cm³/mol. The minimum atomic E-state index is -5.25. The van der Waals surface area contributed by atoms with Crippen molar-refractivity contribution >= 4 is 10.8 Å². The molecule has 0 radical (unpaired) electrons. The molecule has 4 rings (SSSR count). The number of ether oxygens (including phenoxy) is 1. The first kappa shape index (κ1) is 27.3. The molecule has 3 aromatic rings. The highest BCUT2D eigenvalue weighted by atomic mass is 19.4.